The van der Waals surface area contributed by atoms with Crippen LogP contribution >= 0.6 is 0 Å². The molecule has 4 N–H and O–H groups in total. The average molecular weight is 382 g/mol. The number of methoxy groups -OCH3 is 1. The van der Waals surface area contributed by atoms with E-state index in [9.17, 15) is 19.5 Å². The van der Waals surface area contributed by atoms with E-state index in [-0.39, 0.29) is 39.7 Å². The van der Waals surface area contributed by atoms with Crippen LogP contribution in [0.4, 0.5) is 11.4 Å². The molecule has 2 aromatic carbocycles. The third-order valence-corrected chi connectivity index (χ3v) is 4.94. The number of hydrogen-bond acceptors (Lipinski definition) is 6. The van der Waals surface area contributed by atoms with Crippen molar-refractivity contribution < 1.29 is 24.2 Å². The molecular formula is C21H22N2O5. The molecule has 28 heavy (non-hydrogen) atoms. The second kappa shape index (κ2) is 6.76. The first-order valence-electron chi connectivity index (χ1n) is 8.83. The predicted octanol–water partition coefficient (Wildman–Crippen LogP) is 2.63. The van der Waals surface area contributed by atoms with Crippen molar-refractivity contribution in [2.45, 2.75) is 32.3 Å². The SMILES string of the molecule is COc1cc(C(C)C)ccc1C1(O)C(=O)c2c(N)ccc(NC(C)=O)c2C1=O. The largest absolute Gasteiger partial charge is 0.496 e. The lowest BCUT2D eigenvalue weighted by Gasteiger charge is -2.23. The molecule has 1 amide bonds. The number of nitrogens with one attached hydrogen (secondary N) is 1. The number of ketones is 2. The fourth-order valence-electron chi connectivity index (χ4n) is 3.47. The van der Waals surface area contributed by atoms with Crippen LogP contribution in [0.2, 0.25) is 0 Å². The number of carbonyl (C=O) groups is 3. The molecule has 7 nitrogen and oxygen atoms in total. The molecule has 7 heteroatoms. The van der Waals surface area contributed by atoms with Crippen molar-refractivity contribution in [3.63, 3.8) is 0 Å². The highest BCUT2D eigenvalue weighted by molar-refractivity contribution is 6.35. The maximum absolute atomic E-state index is 13.2. The van der Waals surface area contributed by atoms with Crippen LogP contribution in [0, 0.1) is 0 Å². The molecular weight excluding hydrogens is 360 g/mol. The Bertz CT molecular complexity index is 1010. The summed E-state index contributed by atoms with van der Waals surface area (Å²) in [4.78, 5) is 37.9. The van der Waals surface area contributed by atoms with Crippen LogP contribution in [0.3, 0.4) is 0 Å². The summed E-state index contributed by atoms with van der Waals surface area (Å²) >= 11 is 0. The number of hydrogen-bond donors (Lipinski definition) is 3. The summed E-state index contributed by atoms with van der Waals surface area (Å²) < 4.78 is 5.37. The number of rotatable bonds is 4. The number of ether oxygens (including phenoxy) is 1. The normalized spacial score (nSPS) is 18.4. The summed E-state index contributed by atoms with van der Waals surface area (Å²) in [7, 11) is 1.40. The number of nitrogens with two attached hydrogens (primary N) is 1. The van der Waals surface area contributed by atoms with E-state index in [2.05, 4.69) is 5.32 Å². The number of aliphatic hydroxyl groups is 1. The Kier molecular flexibility index (Phi) is 4.72. The minimum Gasteiger partial charge on any atom is -0.496 e. The van der Waals surface area contributed by atoms with Crippen molar-refractivity contribution in [3.05, 3.63) is 52.6 Å². The highest BCUT2D eigenvalue weighted by Crippen LogP contribution is 2.46. The van der Waals surface area contributed by atoms with Crippen molar-refractivity contribution in [2.75, 3.05) is 18.2 Å². The van der Waals surface area contributed by atoms with Crippen molar-refractivity contribution in [1.29, 1.82) is 0 Å². The minimum atomic E-state index is -2.48. The van der Waals surface area contributed by atoms with Gasteiger partial charge in [0.2, 0.25) is 23.1 Å². The molecule has 2 aromatic rings. The predicted molar refractivity (Wildman–Crippen MR) is 105 cm³/mol. The molecule has 3 rings (SSSR count). The molecule has 0 saturated heterocycles. The molecule has 0 spiro atoms. The number of benzene rings is 2. The Morgan fingerprint density at radius 1 is 1.14 bits per heavy atom. The first-order chi connectivity index (χ1) is 13.1. The van der Waals surface area contributed by atoms with Gasteiger partial charge in [0.15, 0.2) is 0 Å². The van der Waals surface area contributed by atoms with Gasteiger partial charge in [0.1, 0.15) is 5.75 Å². The van der Waals surface area contributed by atoms with Gasteiger partial charge >= 0.3 is 0 Å². The standard InChI is InChI=1S/C21H22N2O5/c1-10(2)12-5-6-13(16(9-12)28-4)21(27)19(25)17-14(22)7-8-15(23-11(3)24)18(17)20(21)26/h5-10,27H,22H2,1-4H3,(H,23,24). The summed E-state index contributed by atoms with van der Waals surface area (Å²) in [5.74, 6) is -1.69. The molecule has 0 bridgehead atoms. The number of anilines is 2. The van der Waals surface area contributed by atoms with Crippen LogP contribution < -0.4 is 15.8 Å². The maximum Gasteiger partial charge on any atom is 0.221 e. The van der Waals surface area contributed by atoms with Crippen LogP contribution in [0.15, 0.2) is 30.3 Å². The molecule has 1 aliphatic rings. The van der Waals surface area contributed by atoms with Gasteiger partial charge in [-0.15, -0.1) is 0 Å². The van der Waals surface area contributed by atoms with Gasteiger partial charge in [-0.1, -0.05) is 26.0 Å². The van der Waals surface area contributed by atoms with Gasteiger partial charge in [0.25, 0.3) is 0 Å². The maximum atomic E-state index is 13.2. The van der Waals surface area contributed by atoms with Gasteiger partial charge in [0.05, 0.1) is 23.9 Å². The van der Waals surface area contributed by atoms with Gasteiger partial charge < -0.3 is 20.9 Å². The average Bonchev–Trinajstić information content (AvgIpc) is 2.86. The molecule has 0 saturated carbocycles. The lowest BCUT2D eigenvalue weighted by atomic mass is 9.86. The van der Waals surface area contributed by atoms with Crippen LogP contribution in [0.5, 0.6) is 5.75 Å². The zero-order valence-electron chi connectivity index (χ0n) is 16.1. The van der Waals surface area contributed by atoms with Crippen LogP contribution in [0.25, 0.3) is 0 Å². The lowest BCUT2D eigenvalue weighted by Crippen LogP contribution is -2.38. The number of nitrogen functional groups attached to an aromatic ring is 1. The topological polar surface area (TPSA) is 119 Å². The van der Waals surface area contributed by atoms with Crippen molar-refractivity contribution in [2.24, 2.45) is 0 Å². The van der Waals surface area contributed by atoms with Gasteiger partial charge in [-0.3, -0.25) is 14.4 Å². The number of fused-ring (bicyclic) bond motifs is 1. The van der Waals surface area contributed by atoms with Crippen LogP contribution in [-0.2, 0) is 10.4 Å². The molecule has 1 unspecified atom stereocenters. The molecule has 0 fully saturated rings. The molecule has 0 radical (unpaired) electrons. The summed E-state index contributed by atoms with van der Waals surface area (Å²) in [5, 5.41) is 13.8. The molecule has 0 heterocycles. The lowest BCUT2D eigenvalue weighted by molar-refractivity contribution is -0.114. The zero-order chi connectivity index (χ0) is 20.8. The van der Waals surface area contributed by atoms with E-state index in [1.54, 1.807) is 12.1 Å². The molecule has 1 atom stereocenters. The van der Waals surface area contributed by atoms with Gasteiger partial charge in [0, 0.05) is 18.2 Å². The summed E-state index contributed by atoms with van der Waals surface area (Å²) in [5.41, 5.74) is 4.40. The van der Waals surface area contributed by atoms with E-state index in [0.29, 0.717) is 0 Å². The fraction of sp³-hybridized carbons (Fsp3) is 0.286. The molecule has 0 aliphatic heterocycles. The second-order valence-corrected chi connectivity index (χ2v) is 7.12. The summed E-state index contributed by atoms with van der Waals surface area (Å²) in [6, 6.07) is 7.80. The van der Waals surface area contributed by atoms with Gasteiger partial charge in [-0.2, -0.15) is 0 Å². The Balaban J connectivity index is 2.24. The van der Waals surface area contributed by atoms with Crippen LogP contribution in [0.1, 0.15) is 58.5 Å². The summed E-state index contributed by atoms with van der Waals surface area (Å²) in [6.45, 7) is 5.26. The van der Waals surface area contributed by atoms with Crippen molar-refractivity contribution >= 4 is 28.8 Å². The Hall–Kier alpha value is -3.19. The first-order valence-corrected chi connectivity index (χ1v) is 8.83. The number of carbonyl (C=O) groups excluding carboxylic acids is 3. The van der Waals surface area contributed by atoms with E-state index in [0.717, 1.165) is 5.56 Å². The fourth-order valence-corrected chi connectivity index (χ4v) is 3.47. The monoisotopic (exact) mass is 382 g/mol. The van der Waals surface area contributed by atoms with Gasteiger partial charge in [-0.05, 0) is 29.7 Å². The second-order valence-electron chi connectivity index (χ2n) is 7.12. The van der Waals surface area contributed by atoms with E-state index < -0.39 is 23.1 Å². The third kappa shape index (κ3) is 2.75. The summed E-state index contributed by atoms with van der Waals surface area (Å²) in [6.07, 6.45) is 0. The molecule has 1 aliphatic carbocycles. The number of Topliss-reactive ketones (excluding diaryl/α,β-unsaturated/α-hetero) is 2. The van der Waals surface area contributed by atoms with Crippen molar-refractivity contribution in [1.82, 2.24) is 0 Å². The van der Waals surface area contributed by atoms with E-state index in [1.165, 1.54) is 32.2 Å². The smallest absolute Gasteiger partial charge is 0.221 e. The first kappa shape index (κ1) is 19.6. The van der Waals surface area contributed by atoms with Crippen LogP contribution in [-0.4, -0.2) is 29.7 Å². The zero-order valence-corrected chi connectivity index (χ0v) is 16.1. The van der Waals surface area contributed by atoms with Gasteiger partial charge in [-0.25, -0.2) is 0 Å². The highest BCUT2D eigenvalue weighted by atomic mass is 16.5. The number of amides is 1. The molecule has 146 valence electrons. The van der Waals surface area contributed by atoms with E-state index >= 15 is 0 Å². The van der Waals surface area contributed by atoms with E-state index in [1.807, 2.05) is 13.8 Å². The van der Waals surface area contributed by atoms with E-state index in [4.69, 9.17) is 10.5 Å². The minimum absolute atomic E-state index is 0.0405. The molecule has 0 aromatic heterocycles. The Morgan fingerprint density at radius 3 is 2.36 bits per heavy atom. The Morgan fingerprint density at radius 2 is 1.79 bits per heavy atom. The van der Waals surface area contributed by atoms with Crippen molar-refractivity contribution in [3.8, 4) is 5.75 Å². The Labute approximate surface area is 162 Å². The quantitative estimate of drug-likeness (QED) is 0.552. The highest BCUT2D eigenvalue weighted by Gasteiger charge is 2.56. The third-order valence-electron chi connectivity index (χ3n) is 4.94.